The second-order valence-electron chi connectivity index (χ2n) is 4.95. The molecule has 0 bridgehead atoms. The maximum atomic E-state index is 10.9. The van der Waals surface area contributed by atoms with Gasteiger partial charge in [0.25, 0.3) is 5.69 Å². The van der Waals surface area contributed by atoms with Crippen LogP contribution in [0.25, 0.3) is 0 Å². The van der Waals surface area contributed by atoms with Crippen molar-refractivity contribution in [3.8, 4) is 6.07 Å². The van der Waals surface area contributed by atoms with Crippen LogP contribution in [-0.4, -0.2) is 22.5 Å². The first kappa shape index (κ1) is 14.7. The van der Waals surface area contributed by atoms with Gasteiger partial charge in [-0.1, -0.05) is 0 Å². The lowest BCUT2D eigenvalue weighted by atomic mass is 9.94. The predicted octanol–water partition coefficient (Wildman–Crippen LogP) is 3.55. The van der Waals surface area contributed by atoms with E-state index in [0.29, 0.717) is 6.04 Å². The summed E-state index contributed by atoms with van der Waals surface area (Å²) in [6.07, 6.45) is 6.66. The molecule has 2 rings (SSSR count). The Morgan fingerprint density at radius 1 is 1.40 bits per heavy atom. The zero-order valence-electron chi connectivity index (χ0n) is 11.3. The van der Waals surface area contributed by atoms with E-state index in [1.165, 1.54) is 25.0 Å². The molecule has 0 radical (unpaired) electrons. The predicted molar refractivity (Wildman–Crippen MR) is 81.0 cm³/mol. The topological polar surface area (TPSA) is 79.0 Å². The van der Waals surface area contributed by atoms with Crippen LogP contribution in [-0.2, 0) is 0 Å². The van der Waals surface area contributed by atoms with Gasteiger partial charge in [-0.25, -0.2) is 0 Å². The highest BCUT2D eigenvalue weighted by Crippen LogP contribution is 2.30. The van der Waals surface area contributed by atoms with Crippen LogP contribution < -0.4 is 5.32 Å². The largest absolute Gasteiger partial charge is 0.382 e. The van der Waals surface area contributed by atoms with Crippen LogP contribution in [0.4, 0.5) is 11.4 Å². The van der Waals surface area contributed by atoms with Crippen molar-refractivity contribution in [3.63, 3.8) is 0 Å². The molecule has 0 atom stereocenters. The standard InChI is InChI=1S/C14H17N3O2S/c1-20-13-6-4-11(5-7-13)16-12-3-2-10(9-15)14(8-12)17(18)19/h2-3,8,11,13,16H,4-7H2,1H3. The summed E-state index contributed by atoms with van der Waals surface area (Å²) in [6, 6.07) is 6.92. The number of nitrogens with one attached hydrogen (secondary N) is 1. The molecule has 0 unspecified atom stereocenters. The van der Waals surface area contributed by atoms with Gasteiger partial charge in [0.05, 0.1) is 4.92 Å². The highest BCUT2D eigenvalue weighted by Gasteiger charge is 2.21. The highest BCUT2D eigenvalue weighted by atomic mass is 32.2. The van der Waals surface area contributed by atoms with E-state index in [1.54, 1.807) is 6.07 Å². The summed E-state index contributed by atoms with van der Waals surface area (Å²) < 4.78 is 0. The van der Waals surface area contributed by atoms with Gasteiger partial charge in [0.2, 0.25) is 0 Å². The molecule has 1 N–H and O–H groups in total. The molecule has 20 heavy (non-hydrogen) atoms. The molecular formula is C14H17N3O2S. The van der Waals surface area contributed by atoms with E-state index in [9.17, 15) is 10.1 Å². The van der Waals surface area contributed by atoms with Crippen molar-refractivity contribution in [1.82, 2.24) is 0 Å². The Morgan fingerprint density at radius 3 is 2.65 bits per heavy atom. The average molecular weight is 291 g/mol. The zero-order chi connectivity index (χ0) is 14.5. The third kappa shape index (κ3) is 3.42. The molecule has 0 saturated heterocycles. The third-order valence-electron chi connectivity index (χ3n) is 3.69. The van der Waals surface area contributed by atoms with Crippen molar-refractivity contribution in [2.45, 2.75) is 37.0 Å². The van der Waals surface area contributed by atoms with Gasteiger partial charge in [0.1, 0.15) is 11.6 Å². The molecule has 1 fully saturated rings. The van der Waals surface area contributed by atoms with Crippen LogP contribution in [0.5, 0.6) is 0 Å². The quantitative estimate of drug-likeness (QED) is 0.678. The monoisotopic (exact) mass is 291 g/mol. The molecule has 0 aliphatic heterocycles. The Morgan fingerprint density at radius 2 is 2.10 bits per heavy atom. The van der Waals surface area contributed by atoms with Crippen molar-refractivity contribution in [2.24, 2.45) is 0 Å². The van der Waals surface area contributed by atoms with Crippen LogP contribution in [0.1, 0.15) is 31.2 Å². The third-order valence-corrected chi connectivity index (χ3v) is 4.83. The molecule has 1 aliphatic rings. The van der Waals surface area contributed by atoms with E-state index >= 15 is 0 Å². The lowest BCUT2D eigenvalue weighted by Crippen LogP contribution is -2.27. The number of hydrogen-bond donors (Lipinski definition) is 1. The second kappa shape index (κ2) is 6.62. The van der Waals surface area contributed by atoms with E-state index in [2.05, 4.69) is 11.6 Å². The van der Waals surface area contributed by atoms with Gasteiger partial charge in [0.15, 0.2) is 0 Å². The average Bonchev–Trinajstić information content (AvgIpc) is 2.48. The number of benzene rings is 1. The van der Waals surface area contributed by atoms with Crippen LogP contribution in [0.3, 0.4) is 0 Å². The maximum absolute atomic E-state index is 10.9. The van der Waals surface area contributed by atoms with Gasteiger partial charge >= 0.3 is 0 Å². The Bertz CT molecular complexity index is 534. The first-order valence-electron chi connectivity index (χ1n) is 6.62. The normalized spacial score (nSPS) is 22.0. The van der Waals surface area contributed by atoms with Gasteiger partial charge < -0.3 is 5.32 Å². The van der Waals surface area contributed by atoms with E-state index in [4.69, 9.17) is 5.26 Å². The fourth-order valence-corrected chi connectivity index (χ4v) is 3.29. The summed E-state index contributed by atoms with van der Waals surface area (Å²) in [4.78, 5) is 10.4. The van der Waals surface area contributed by atoms with Gasteiger partial charge in [-0.2, -0.15) is 17.0 Å². The molecule has 106 valence electrons. The summed E-state index contributed by atoms with van der Waals surface area (Å²) in [5, 5.41) is 23.9. The molecule has 1 aromatic carbocycles. The number of nitro groups is 1. The lowest BCUT2D eigenvalue weighted by Gasteiger charge is -2.28. The summed E-state index contributed by atoms with van der Waals surface area (Å²) in [5.41, 5.74) is 0.699. The Hall–Kier alpha value is -1.74. The van der Waals surface area contributed by atoms with Crippen molar-refractivity contribution < 1.29 is 4.92 Å². The maximum Gasteiger partial charge on any atom is 0.289 e. The van der Waals surface area contributed by atoms with Crippen LogP contribution in [0.2, 0.25) is 0 Å². The molecule has 0 heterocycles. The number of rotatable bonds is 4. The fourth-order valence-electron chi connectivity index (χ4n) is 2.55. The number of nitriles is 1. The minimum Gasteiger partial charge on any atom is -0.382 e. The fraction of sp³-hybridized carbons (Fsp3) is 0.500. The van der Waals surface area contributed by atoms with Crippen molar-refractivity contribution in [3.05, 3.63) is 33.9 Å². The number of anilines is 1. The molecule has 1 aliphatic carbocycles. The Labute approximate surface area is 122 Å². The van der Waals surface area contributed by atoms with Gasteiger partial charge in [-0.15, -0.1) is 0 Å². The highest BCUT2D eigenvalue weighted by molar-refractivity contribution is 7.99. The number of hydrogen-bond acceptors (Lipinski definition) is 5. The van der Waals surface area contributed by atoms with Gasteiger partial charge in [-0.05, 0) is 44.1 Å². The first-order valence-corrected chi connectivity index (χ1v) is 7.90. The second-order valence-corrected chi connectivity index (χ2v) is 6.09. The number of nitrogens with zero attached hydrogens (tertiary/aromatic N) is 2. The van der Waals surface area contributed by atoms with Crippen LogP contribution >= 0.6 is 11.8 Å². The zero-order valence-corrected chi connectivity index (χ0v) is 12.2. The molecule has 6 heteroatoms. The van der Waals surface area contributed by atoms with Gasteiger partial charge in [0, 0.05) is 23.0 Å². The minimum absolute atomic E-state index is 0.103. The number of thioether (sulfide) groups is 1. The summed E-state index contributed by atoms with van der Waals surface area (Å²) in [5.74, 6) is 0. The van der Waals surface area contributed by atoms with Crippen molar-refractivity contribution >= 4 is 23.1 Å². The van der Waals surface area contributed by atoms with E-state index in [-0.39, 0.29) is 11.3 Å². The van der Waals surface area contributed by atoms with Crippen LogP contribution in [0.15, 0.2) is 18.2 Å². The van der Waals surface area contributed by atoms with Gasteiger partial charge in [-0.3, -0.25) is 10.1 Å². The van der Waals surface area contributed by atoms with Crippen molar-refractivity contribution in [1.29, 1.82) is 5.26 Å². The van der Waals surface area contributed by atoms with E-state index in [1.807, 2.05) is 17.8 Å². The number of nitro benzene ring substituents is 1. The van der Waals surface area contributed by atoms with E-state index < -0.39 is 4.92 Å². The summed E-state index contributed by atoms with van der Waals surface area (Å²) >= 11 is 1.91. The molecule has 0 spiro atoms. The summed E-state index contributed by atoms with van der Waals surface area (Å²) in [6.45, 7) is 0. The Balaban J connectivity index is 2.05. The van der Waals surface area contributed by atoms with Crippen molar-refractivity contribution in [2.75, 3.05) is 11.6 Å². The SMILES string of the molecule is CSC1CCC(Nc2ccc(C#N)c([N+](=O)[O-])c2)CC1. The lowest BCUT2D eigenvalue weighted by molar-refractivity contribution is -0.385. The van der Waals surface area contributed by atoms with E-state index in [0.717, 1.165) is 23.8 Å². The molecule has 0 aromatic heterocycles. The molecule has 1 aromatic rings. The molecule has 5 nitrogen and oxygen atoms in total. The first-order chi connectivity index (χ1) is 9.63. The molecule has 1 saturated carbocycles. The van der Waals surface area contributed by atoms with Crippen LogP contribution in [0, 0.1) is 21.4 Å². The Kier molecular flexibility index (Phi) is 4.85. The smallest absolute Gasteiger partial charge is 0.289 e. The molecule has 0 amide bonds. The minimum atomic E-state index is -0.506. The molecular weight excluding hydrogens is 274 g/mol. The summed E-state index contributed by atoms with van der Waals surface area (Å²) in [7, 11) is 0.